The molecule has 0 bridgehead atoms. The van der Waals surface area contributed by atoms with E-state index in [1.807, 2.05) is 4.68 Å². The van der Waals surface area contributed by atoms with E-state index in [0.717, 1.165) is 6.54 Å². The Balaban J connectivity index is 1.99. The lowest BCUT2D eigenvalue weighted by molar-refractivity contribution is 0.527. The van der Waals surface area contributed by atoms with Gasteiger partial charge in [-0.25, -0.2) is 4.98 Å². The van der Waals surface area contributed by atoms with Gasteiger partial charge in [-0.3, -0.25) is 4.68 Å². The van der Waals surface area contributed by atoms with Crippen LogP contribution < -0.4 is 5.73 Å². The van der Waals surface area contributed by atoms with Crippen LogP contribution in [0.2, 0.25) is 0 Å². The Bertz CT molecular complexity index is 244. The minimum atomic E-state index is 0.371. The Morgan fingerprint density at radius 3 is 2.57 bits per heavy atom. The Morgan fingerprint density at radius 1 is 1.21 bits per heavy atom. The molecule has 1 rings (SSSR count). The lowest BCUT2D eigenvalue weighted by atomic mass is 10.1. The molecule has 0 aliphatic heterocycles. The van der Waals surface area contributed by atoms with Crippen LogP contribution in [-0.2, 0) is 6.54 Å². The van der Waals surface area contributed by atoms with Crippen molar-refractivity contribution in [1.29, 1.82) is 0 Å². The summed E-state index contributed by atoms with van der Waals surface area (Å²) in [7, 11) is 0. The van der Waals surface area contributed by atoms with Crippen molar-refractivity contribution >= 4 is 5.95 Å². The van der Waals surface area contributed by atoms with Gasteiger partial charge in [0.05, 0.1) is 0 Å². The van der Waals surface area contributed by atoms with Gasteiger partial charge in [-0.2, -0.15) is 0 Å². The van der Waals surface area contributed by atoms with Gasteiger partial charge in [0.15, 0.2) is 0 Å². The first-order valence-corrected chi connectivity index (χ1v) is 5.48. The standard InChI is InChI=1S/C10H20N4/c1-2-3-4-5-6-7-8-14-9-12-10(11)13-14/h9H,2-8H2,1H3,(H2,11,13). The van der Waals surface area contributed by atoms with Gasteiger partial charge in [0.1, 0.15) is 6.33 Å². The van der Waals surface area contributed by atoms with Crippen LogP contribution in [0.15, 0.2) is 6.33 Å². The third-order valence-corrected chi connectivity index (χ3v) is 2.29. The average Bonchev–Trinajstić information content (AvgIpc) is 2.58. The van der Waals surface area contributed by atoms with Gasteiger partial charge in [-0.05, 0) is 6.42 Å². The van der Waals surface area contributed by atoms with E-state index in [0.29, 0.717) is 5.95 Å². The van der Waals surface area contributed by atoms with Crippen LogP contribution in [0.5, 0.6) is 0 Å². The van der Waals surface area contributed by atoms with Crippen molar-refractivity contribution in [2.45, 2.75) is 52.0 Å². The molecule has 2 N–H and O–H groups in total. The second kappa shape index (κ2) is 6.40. The van der Waals surface area contributed by atoms with E-state index in [4.69, 9.17) is 5.73 Å². The van der Waals surface area contributed by atoms with Crippen molar-refractivity contribution in [3.63, 3.8) is 0 Å². The third-order valence-electron chi connectivity index (χ3n) is 2.29. The van der Waals surface area contributed by atoms with Crippen LogP contribution in [0.3, 0.4) is 0 Å². The second-order valence-corrected chi connectivity index (χ2v) is 3.63. The maximum Gasteiger partial charge on any atom is 0.239 e. The fourth-order valence-electron chi connectivity index (χ4n) is 1.47. The Labute approximate surface area is 85.5 Å². The third kappa shape index (κ3) is 4.25. The lowest BCUT2D eigenvalue weighted by Crippen LogP contribution is -1.99. The molecule has 0 atom stereocenters. The molecule has 80 valence electrons. The maximum atomic E-state index is 5.41. The van der Waals surface area contributed by atoms with E-state index in [9.17, 15) is 0 Å². The number of nitrogens with two attached hydrogens (primary N) is 1. The first-order chi connectivity index (χ1) is 6.83. The molecule has 0 saturated carbocycles. The number of anilines is 1. The summed E-state index contributed by atoms with van der Waals surface area (Å²) in [6, 6.07) is 0. The van der Waals surface area contributed by atoms with Gasteiger partial charge in [-0.1, -0.05) is 39.0 Å². The van der Waals surface area contributed by atoms with E-state index in [2.05, 4.69) is 17.0 Å². The van der Waals surface area contributed by atoms with Gasteiger partial charge in [-0.15, -0.1) is 5.10 Å². The minimum absolute atomic E-state index is 0.371. The molecule has 4 nitrogen and oxygen atoms in total. The molecule has 0 aliphatic rings. The van der Waals surface area contributed by atoms with E-state index >= 15 is 0 Å². The first kappa shape index (κ1) is 11.0. The fraction of sp³-hybridized carbons (Fsp3) is 0.800. The number of rotatable bonds is 7. The van der Waals surface area contributed by atoms with E-state index in [1.54, 1.807) is 6.33 Å². The molecule has 1 aromatic rings. The van der Waals surface area contributed by atoms with Crippen molar-refractivity contribution in [3.8, 4) is 0 Å². The summed E-state index contributed by atoms with van der Waals surface area (Å²) < 4.78 is 1.81. The van der Waals surface area contributed by atoms with Crippen LogP contribution >= 0.6 is 0 Å². The minimum Gasteiger partial charge on any atom is -0.367 e. The highest BCUT2D eigenvalue weighted by Crippen LogP contribution is 2.05. The zero-order valence-electron chi connectivity index (χ0n) is 8.95. The monoisotopic (exact) mass is 196 g/mol. The number of hydrogen-bond acceptors (Lipinski definition) is 3. The summed E-state index contributed by atoms with van der Waals surface area (Å²) in [5, 5.41) is 4.03. The zero-order valence-corrected chi connectivity index (χ0v) is 8.95. The van der Waals surface area contributed by atoms with Gasteiger partial charge < -0.3 is 5.73 Å². The Kier molecular flexibility index (Phi) is 5.04. The highest BCUT2D eigenvalue weighted by molar-refractivity contribution is 5.08. The molecule has 14 heavy (non-hydrogen) atoms. The smallest absolute Gasteiger partial charge is 0.239 e. The van der Waals surface area contributed by atoms with Gasteiger partial charge >= 0.3 is 0 Å². The van der Waals surface area contributed by atoms with Crippen LogP contribution in [0.25, 0.3) is 0 Å². The second-order valence-electron chi connectivity index (χ2n) is 3.63. The predicted molar refractivity (Wildman–Crippen MR) is 57.8 cm³/mol. The Hall–Kier alpha value is -1.06. The summed E-state index contributed by atoms with van der Waals surface area (Å²) in [5.74, 6) is 0.371. The molecular weight excluding hydrogens is 176 g/mol. The van der Waals surface area contributed by atoms with Crippen LogP contribution in [0.1, 0.15) is 45.4 Å². The Morgan fingerprint density at radius 2 is 1.93 bits per heavy atom. The summed E-state index contributed by atoms with van der Waals surface area (Å²) in [5.41, 5.74) is 5.41. The molecule has 0 fully saturated rings. The highest BCUT2D eigenvalue weighted by atomic mass is 15.3. The number of hydrogen-bond donors (Lipinski definition) is 1. The molecule has 0 unspecified atom stereocenters. The molecule has 0 aliphatic carbocycles. The molecule has 0 radical (unpaired) electrons. The average molecular weight is 196 g/mol. The van der Waals surface area contributed by atoms with Crippen LogP contribution in [0, 0.1) is 0 Å². The SMILES string of the molecule is CCCCCCCCn1cnc(N)n1. The normalized spacial score (nSPS) is 10.6. The van der Waals surface area contributed by atoms with Crippen molar-refractivity contribution < 1.29 is 0 Å². The number of unbranched alkanes of at least 4 members (excludes halogenated alkanes) is 5. The van der Waals surface area contributed by atoms with E-state index < -0.39 is 0 Å². The summed E-state index contributed by atoms with van der Waals surface area (Å²) in [4.78, 5) is 3.87. The van der Waals surface area contributed by atoms with Gasteiger partial charge in [0.2, 0.25) is 5.95 Å². The topological polar surface area (TPSA) is 56.7 Å². The quantitative estimate of drug-likeness (QED) is 0.680. The molecule has 0 spiro atoms. The molecule has 1 heterocycles. The predicted octanol–water partition coefficient (Wildman–Crippen LogP) is 2.22. The fourth-order valence-corrected chi connectivity index (χ4v) is 1.47. The maximum absolute atomic E-state index is 5.41. The van der Waals surface area contributed by atoms with Gasteiger partial charge in [0.25, 0.3) is 0 Å². The first-order valence-electron chi connectivity index (χ1n) is 5.48. The van der Waals surface area contributed by atoms with E-state index in [-0.39, 0.29) is 0 Å². The van der Waals surface area contributed by atoms with Crippen LogP contribution in [-0.4, -0.2) is 14.8 Å². The zero-order chi connectivity index (χ0) is 10.2. The molecule has 1 aromatic heterocycles. The summed E-state index contributed by atoms with van der Waals surface area (Å²) in [6.07, 6.45) is 9.50. The number of nitrogen functional groups attached to an aromatic ring is 1. The molecule has 0 saturated heterocycles. The van der Waals surface area contributed by atoms with Gasteiger partial charge in [0, 0.05) is 6.54 Å². The number of nitrogens with zero attached hydrogens (tertiary/aromatic N) is 3. The summed E-state index contributed by atoms with van der Waals surface area (Å²) in [6.45, 7) is 3.18. The van der Waals surface area contributed by atoms with Crippen LogP contribution in [0.4, 0.5) is 5.95 Å². The van der Waals surface area contributed by atoms with E-state index in [1.165, 1.54) is 38.5 Å². The van der Waals surface area contributed by atoms with Crippen molar-refractivity contribution in [2.24, 2.45) is 0 Å². The molecule has 0 amide bonds. The van der Waals surface area contributed by atoms with Crippen molar-refractivity contribution in [3.05, 3.63) is 6.33 Å². The lowest BCUT2D eigenvalue weighted by Gasteiger charge is -2.00. The molecular formula is C10H20N4. The largest absolute Gasteiger partial charge is 0.367 e. The number of aromatic nitrogens is 3. The van der Waals surface area contributed by atoms with Crippen molar-refractivity contribution in [1.82, 2.24) is 14.8 Å². The van der Waals surface area contributed by atoms with Crippen molar-refractivity contribution in [2.75, 3.05) is 5.73 Å². The molecule has 0 aromatic carbocycles. The molecule has 4 heteroatoms. The summed E-state index contributed by atoms with van der Waals surface area (Å²) >= 11 is 0. The highest BCUT2D eigenvalue weighted by Gasteiger charge is 1.95. The number of aryl methyl sites for hydroxylation is 1.